The van der Waals surface area contributed by atoms with Crippen molar-refractivity contribution in [3.05, 3.63) is 29.8 Å². The third kappa shape index (κ3) is 3.57. The Kier molecular flexibility index (Phi) is 4.37. The van der Waals surface area contributed by atoms with Crippen molar-refractivity contribution in [3.63, 3.8) is 0 Å². The molecule has 3 heteroatoms. The van der Waals surface area contributed by atoms with Gasteiger partial charge in [-0.05, 0) is 50.6 Å². The van der Waals surface area contributed by atoms with Crippen LogP contribution >= 0.6 is 0 Å². The van der Waals surface area contributed by atoms with Crippen LogP contribution in [-0.2, 0) is 0 Å². The number of ketones is 1. The van der Waals surface area contributed by atoms with Gasteiger partial charge in [0, 0.05) is 30.4 Å². The molecule has 0 heterocycles. The zero-order chi connectivity index (χ0) is 13.0. The molecular weight excluding hydrogens is 224 g/mol. The van der Waals surface area contributed by atoms with Crippen molar-refractivity contribution in [1.82, 2.24) is 4.90 Å². The monoisotopic (exact) mass is 246 g/mol. The molecule has 1 aromatic rings. The van der Waals surface area contributed by atoms with Gasteiger partial charge in [-0.3, -0.25) is 9.69 Å². The van der Waals surface area contributed by atoms with E-state index in [2.05, 4.69) is 17.1 Å². The summed E-state index contributed by atoms with van der Waals surface area (Å²) >= 11 is 0. The van der Waals surface area contributed by atoms with Crippen LogP contribution in [0.3, 0.4) is 0 Å². The molecule has 0 saturated heterocycles. The van der Waals surface area contributed by atoms with Crippen LogP contribution in [0.15, 0.2) is 24.3 Å². The van der Waals surface area contributed by atoms with E-state index in [1.807, 2.05) is 24.3 Å². The minimum absolute atomic E-state index is 0.118. The van der Waals surface area contributed by atoms with E-state index in [1.54, 1.807) is 6.92 Å². The lowest BCUT2D eigenvalue weighted by atomic mass is 10.1. The molecule has 18 heavy (non-hydrogen) atoms. The Morgan fingerprint density at radius 2 is 2.00 bits per heavy atom. The van der Waals surface area contributed by atoms with Crippen LogP contribution in [0.1, 0.15) is 37.0 Å². The second-order valence-electron chi connectivity index (χ2n) is 4.92. The maximum Gasteiger partial charge on any atom is 0.159 e. The number of nitrogens with zero attached hydrogens (tertiary/aromatic N) is 1. The maximum atomic E-state index is 11.2. The molecule has 0 unspecified atom stereocenters. The van der Waals surface area contributed by atoms with Gasteiger partial charge in [-0.2, -0.15) is 0 Å². The number of Topliss-reactive ketones (excluding diaryl/α,β-unsaturated/α-hetero) is 1. The second-order valence-corrected chi connectivity index (χ2v) is 4.92. The van der Waals surface area contributed by atoms with Gasteiger partial charge in [0.2, 0.25) is 0 Å². The first-order chi connectivity index (χ1) is 8.70. The summed E-state index contributed by atoms with van der Waals surface area (Å²) in [5.41, 5.74) is 1.86. The Morgan fingerprint density at radius 3 is 2.50 bits per heavy atom. The fourth-order valence-electron chi connectivity index (χ4n) is 2.21. The molecule has 0 aromatic heterocycles. The van der Waals surface area contributed by atoms with Crippen LogP contribution in [-0.4, -0.2) is 36.4 Å². The molecule has 2 rings (SSSR count). The number of likely N-dealkylation sites (N-methyl/N-ethyl adjacent to an activating group) is 1. The van der Waals surface area contributed by atoms with Crippen molar-refractivity contribution >= 4 is 11.5 Å². The Labute approximate surface area is 109 Å². The molecule has 98 valence electrons. The summed E-state index contributed by atoms with van der Waals surface area (Å²) in [5, 5.41) is 3.41. The average Bonchev–Trinajstić information content (AvgIpc) is 3.19. The fourth-order valence-corrected chi connectivity index (χ4v) is 2.21. The Bertz CT molecular complexity index is 395. The van der Waals surface area contributed by atoms with E-state index in [0.29, 0.717) is 0 Å². The SMILES string of the molecule is CCN(CCNc1ccc(C(C)=O)cc1)C1CC1. The summed E-state index contributed by atoms with van der Waals surface area (Å²) in [6, 6.07) is 8.54. The van der Waals surface area contributed by atoms with E-state index in [4.69, 9.17) is 0 Å². The number of nitrogens with one attached hydrogen (secondary N) is 1. The highest BCUT2D eigenvalue weighted by Gasteiger charge is 2.26. The molecule has 0 radical (unpaired) electrons. The zero-order valence-corrected chi connectivity index (χ0v) is 11.3. The average molecular weight is 246 g/mol. The Morgan fingerprint density at radius 1 is 1.33 bits per heavy atom. The number of benzene rings is 1. The number of carbonyl (C=O) groups is 1. The summed E-state index contributed by atoms with van der Waals surface area (Å²) in [5.74, 6) is 0.118. The highest BCUT2D eigenvalue weighted by atomic mass is 16.1. The van der Waals surface area contributed by atoms with Gasteiger partial charge < -0.3 is 5.32 Å². The van der Waals surface area contributed by atoms with Crippen molar-refractivity contribution < 1.29 is 4.79 Å². The van der Waals surface area contributed by atoms with Crippen molar-refractivity contribution in [2.45, 2.75) is 32.7 Å². The zero-order valence-electron chi connectivity index (χ0n) is 11.3. The second kappa shape index (κ2) is 6.01. The molecule has 1 fully saturated rings. The van der Waals surface area contributed by atoms with Crippen LogP contribution in [0.25, 0.3) is 0 Å². The first kappa shape index (κ1) is 13.1. The molecular formula is C15H22N2O. The molecule has 1 saturated carbocycles. The Balaban J connectivity index is 1.77. The molecule has 0 bridgehead atoms. The van der Waals surface area contributed by atoms with E-state index in [1.165, 1.54) is 12.8 Å². The van der Waals surface area contributed by atoms with Gasteiger partial charge in [0.25, 0.3) is 0 Å². The molecule has 1 aliphatic rings. The summed E-state index contributed by atoms with van der Waals surface area (Å²) in [7, 11) is 0. The summed E-state index contributed by atoms with van der Waals surface area (Å²) in [4.78, 5) is 13.7. The predicted molar refractivity (Wildman–Crippen MR) is 75.2 cm³/mol. The topological polar surface area (TPSA) is 32.3 Å². The molecule has 1 N–H and O–H groups in total. The van der Waals surface area contributed by atoms with Crippen molar-refractivity contribution in [3.8, 4) is 0 Å². The smallest absolute Gasteiger partial charge is 0.159 e. The number of carbonyl (C=O) groups excluding carboxylic acids is 1. The summed E-state index contributed by atoms with van der Waals surface area (Å²) < 4.78 is 0. The Hall–Kier alpha value is -1.35. The van der Waals surface area contributed by atoms with Gasteiger partial charge >= 0.3 is 0 Å². The minimum atomic E-state index is 0.118. The van der Waals surface area contributed by atoms with Crippen LogP contribution in [0, 0.1) is 0 Å². The molecule has 3 nitrogen and oxygen atoms in total. The number of hydrogen-bond donors (Lipinski definition) is 1. The molecule has 0 spiro atoms. The van der Waals surface area contributed by atoms with Gasteiger partial charge in [-0.15, -0.1) is 0 Å². The van der Waals surface area contributed by atoms with Gasteiger partial charge in [0.1, 0.15) is 0 Å². The minimum Gasteiger partial charge on any atom is -0.384 e. The predicted octanol–water partition coefficient (Wildman–Crippen LogP) is 2.79. The number of rotatable bonds is 7. The molecule has 0 amide bonds. The van der Waals surface area contributed by atoms with E-state index < -0.39 is 0 Å². The van der Waals surface area contributed by atoms with E-state index in [9.17, 15) is 4.79 Å². The van der Waals surface area contributed by atoms with Gasteiger partial charge in [0.15, 0.2) is 5.78 Å². The van der Waals surface area contributed by atoms with Crippen LogP contribution in [0.2, 0.25) is 0 Å². The van der Waals surface area contributed by atoms with Crippen molar-refractivity contribution in [2.24, 2.45) is 0 Å². The van der Waals surface area contributed by atoms with Gasteiger partial charge in [-0.25, -0.2) is 0 Å². The standard InChI is InChI=1S/C15H22N2O/c1-3-17(15-8-9-15)11-10-16-14-6-4-13(5-7-14)12(2)18/h4-7,15-16H,3,8-11H2,1-2H3. The molecule has 1 aromatic carbocycles. The fraction of sp³-hybridized carbons (Fsp3) is 0.533. The number of hydrogen-bond acceptors (Lipinski definition) is 3. The normalized spacial score (nSPS) is 14.8. The first-order valence-corrected chi connectivity index (χ1v) is 6.79. The van der Waals surface area contributed by atoms with Gasteiger partial charge in [-0.1, -0.05) is 6.92 Å². The molecule has 0 aliphatic heterocycles. The quantitative estimate of drug-likeness (QED) is 0.751. The summed E-state index contributed by atoms with van der Waals surface area (Å²) in [6.45, 7) is 7.01. The van der Waals surface area contributed by atoms with Crippen molar-refractivity contribution in [2.75, 3.05) is 25.0 Å². The third-order valence-electron chi connectivity index (χ3n) is 3.49. The van der Waals surface area contributed by atoms with Crippen LogP contribution in [0.4, 0.5) is 5.69 Å². The van der Waals surface area contributed by atoms with Gasteiger partial charge in [0.05, 0.1) is 0 Å². The third-order valence-corrected chi connectivity index (χ3v) is 3.49. The lowest BCUT2D eigenvalue weighted by molar-refractivity contribution is 0.101. The van der Waals surface area contributed by atoms with Crippen LogP contribution in [0.5, 0.6) is 0 Å². The summed E-state index contributed by atoms with van der Waals surface area (Å²) in [6.07, 6.45) is 2.72. The highest BCUT2D eigenvalue weighted by Crippen LogP contribution is 2.25. The van der Waals surface area contributed by atoms with E-state index in [0.717, 1.165) is 36.9 Å². The van der Waals surface area contributed by atoms with Crippen LogP contribution < -0.4 is 5.32 Å². The molecule has 0 atom stereocenters. The molecule has 1 aliphatic carbocycles. The van der Waals surface area contributed by atoms with Crippen molar-refractivity contribution in [1.29, 1.82) is 0 Å². The first-order valence-electron chi connectivity index (χ1n) is 6.79. The maximum absolute atomic E-state index is 11.2. The lowest BCUT2D eigenvalue weighted by Gasteiger charge is -2.20. The van der Waals surface area contributed by atoms with E-state index in [-0.39, 0.29) is 5.78 Å². The number of anilines is 1. The van der Waals surface area contributed by atoms with E-state index >= 15 is 0 Å². The largest absolute Gasteiger partial charge is 0.384 e. The highest BCUT2D eigenvalue weighted by molar-refractivity contribution is 5.94. The lowest BCUT2D eigenvalue weighted by Crippen LogP contribution is -2.30.